The van der Waals surface area contributed by atoms with Crippen molar-refractivity contribution in [3.63, 3.8) is 0 Å². The Bertz CT molecular complexity index is 1470. The molecule has 0 aromatic heterocycles. The Balaban J connectivity index is 1.59. The van der Waals surface area contributed by atoms with E-state index >= 15 is 0 Å². The number of nitrogens with one attached hydrogen (secondary N) is 1. The van der Waals surface area contributed by atoms with Gasteiger partial charge in [-0.3, -0.25) is 9.10 Å². The monoisotopic (exact) mass is 537 g/mol. The Labute approximate surface area is 205 Å². The van der Waals surface area contributed by atoms with Gasteiger partial charge >= 0.3 is 0 Å². The second-order valence-corrected chi connectivity index (χ2v) is 10.1. The third kappa shape index (κ3) is 5.11. The minimum Gasteiger partial charge on any atom is -0.507 e. The molecule has 0 unspecified atom stereocenters. The first-order valence-corrected chi connectivity index (χ1v) is 12.5. The number of benzene rings is 4. The fraction of sp³-hybridized carbons (Fsp3) is 0.0400. The summed E-state index contributed by atoms with van der Waals surface area (Å²) in [6, 6.07) is 25.3. The molecule has 0 aliphatic rings. The number of hydrogen-bond acceptors (Lipinski definition) is 5. The molecule has 7 nitrogen and oxygen atoms in total. The van der Waals surface area contributed by atoms with Crippen molar-refractivity contribution < 1.29 is 18.3 Å². The number of nitrogens with zero attached hydrogens (tertiary/aromatic N) is 2. The standard InChI is InChI=1S/C25H20BrN3O4S/c26-19-8-6-9-20(15-19)29(34(32,33)21-10-2-1-3-11-21)17-25(31)28-27-16-23-22-12-5-4-7-18(22)13-14-24(23)30/h1-16,30H,17H2,(H,28,31). The van der Waals surface area contributed by atoms with Crippen molar-refractivity contribution in [2.45, 2.75) is 4.90 Å². The molecule has 0 atom stereocenters. The van der Waals surface area contributed by atoms with Crippen LogP contribution in [0, 0.1) is 0 Å². The number of anilines is 1. The predicted molar refractivity (Wildman–Crippen MR) is 136 cm³/mol. The summed E-state index contributed by atoms with van der Waals surface area (Å²) < 4.78 is 28.3. The van der Waals surface area contributed by atoms with E-state index in [1.165, 1.54) is 18.3 Å². The lowest BCUT2D eigenvalue weighted by Gasteiger charge is -2.23. The smallest absolute Gasteiger partial charge is 0.264 e. The first-order chi connectivity index (χ1) is 16.4. The van der Waals surface area contributed by atoms with E-state index in [1.54, 1.807) is 54.6 Å². The number of rotatable bonds is 7. The summed E-state index contributed by atoms with van der Waals surface area (Å²) in [6.45, 7) is -0.494. The molecule has 4 rings (SSSR count). The van der Waals surface area contributed by atoms with Gasteiger partial charge in [0, 0.05) is 10.0 Å². The van der Waals surface area contributed by atoms with Crippen LogP contribution in [0.2, 0.25) is 0 Å². The van der Waals surface area contributed by atoms with Crippen molar-refractivity contribution in [2.24, 2.45) is 5.10 Å². The molecule has 0 heterocycles. The third-order valence-electron chi connectivity index (χ3n) is 5.05. The number of carbonyl (C=O) groups is 1. The van der Waals surface area contributed by atoms with Crippen LogP contribution in [0.3, 0.4) is 0 Å². The Morgan fingerprint density at radius 1 is 0.971 bits per heavy atom. The second-order valence-electron chi connectivity index (χ2n) is 7.32. The Morgan fingerprint density at radius 3 is 2.47 bits per heavy atom. The molecule has 0 radical (unpaired) electrons. The maximum atomic E-state index is 13.3. The molecule has 0 fully saturated rings. The first kappa shape index (κ1) is 23.5. The number of aromatic hydroxyl groups is 1. The van der Waals surface area contributed by atoms with Gasteiger partial charge in [0.2, 0.25) is 0 Å². The number of halogens is 1. The minimum absolute atomic E-state index is 0.0131. The van der Waals surface area contributed by atoms with Crippen molar-refractivity contribution in [1.29, 1.82) is 0 Å². The number of sulfonamides is 1. The molecule has 0 bridgehead atoms. The average Bonchev–Trinajstić information content (AvgIpc) is 2.84. The normalized spacial score (nSPS) is 11.6. The lowest BCUT2D eigenvalue weighted by molar-refractivity contribution is -0.119. The highest BCUT2D eigenvalue weighted by Crippen LogP contribution is 2.27. The van der Waals surface area contributed by atoms with Gasteiger partial charge in [-0.05, 0) is 47.2 Å². The van der Waals surface area contributed by atoms with Gasteiger partial charge in [0.15, 0.2) is 0 Å². The SMILES string of the molecule is O=C(CN(c1cccc(Br)c1)S(=O)(=O)c1ccccc1)NN=Cc1c(O)ccc2ccccc12. The molecule has 0 spiro atoms. The van der Waals surface area contributed by atoms with Crippen LogP contribution in [0.15, 0.2) is 105 Å². The van der Waals surface area contributed by atoms with Crippen LogP contribution in [0.25, 0.3) is 10.8 Å². The minimum atomic E-state index is -4.02. The molecule has 172 valence electrons. The van der Waals surface area contributed by atoms with Crippen molar-refractivity contribution in [3.8, 4) is 5.75 Å². The lowest BCUT2D eigenvalue weighted by atomic mass is 10.0. The van der Waals surface area contributed by atoms with E-state index in [4.69, 9.17) is 0 Å². The van der Waals surface area contributed by atoms with Crippen LogP contribution in [-0.4, -0.2) is 32.2 Å². The van der Waals surface area contributed by atoms with Crippen molar-refractivity contribution in [1.82, 2.24) is 5.43 Å². The van der Waals surface area contributed by atoms with Gasteiger partial charge < -0.3 is 5.11 Å². The predicted octanol–water partition coefficient (Wildman–Crippen LogP) is 4.65. The van der Waals surface area contributed by atoms with E-state index in [0.29, 0.717) is 15.7 Å². The highest BCUT2D eigenvalue weighted by molar-refractivity contribution is 9.10. The highest BCUT2D eigenvalue weighted by atomic mass is 79.9. The number of fused-ring (bicyclic) bond motifs is 1. The Morgan fingerprint density at radius 2 is 1.71 bits per heavy atom. The fourth-order valence-corrected chi connectivity index (χ4v) is 5.24. The topological polar surface area (TPSA) is 99.1 Å². The summed E-state index contributed by atoms with van der Waals surface area (Å²) in [6.07, 6.45) is 1.34. The zero-order valence-electron chi connectivity index (χ0n) is 17.8. The molecule has 34 heavy (non-hydrogen) atoms. The van der Waals surface area contributed by atoms with Gasteiger partial charge in [-0.1, -0.05) is 70.5 Å². The maximum Gasteiger partial charge on any atom is 0.264 e. The number of carbonyl (C=O) groups excluding carboxylic acids is 1. The van der Waals surface area contributed by atoms with Crippen LogP contribution in [0.4, 0.5) is 5.69 Å². The van der Waals surface area contributed by atoms with Crippen LogP contribution in [0.5, 0.6) is 5.75 Å². The molecule has 2 N–H and O–H groups in total. The quantitative estimate of drug-likeness (QED) is 0.264. The van der Waals surface area contributed by atoms with E-state index in [9.17, 15) is 18.3 Å². The number of hydrazone groups is 1. The highest BCUT2D eigenvalue weighted by Gasteiger charge is 2.27. The first-order valence-electron chi connectivity index (χ1n) is 10.2. The van der Waals surface area contributed by atoms with E-state index in [2.05, 4.69) is 26.5 Å². The van der Waals surface area contributed by atoms with E-state index in [1.807, 2.05) is 24.3 Å². The van der Waals surface area contributed by atoms with E-state index in [0.717, 1.165) is 15.1 Å². The van der Waals surface area contributed by atoms with Gasteiger partial charge in [-0.15, -0.1) is 0 Å². The summed E-state index contributed by atoms with van der Waals surface area (Å²) in [4.78, 5) is 12.8. The van der Waals surface area contributed by atoms with Crippen LogP contribution in [0.1, 0.15) is 5.56 Å². The summed E-state index contributed by atoms with van der Waals surface area (Å²) in [5.74, 6) is -0.630. The molecule has 4 aromatic rings. The van der Waals surface area contributed by atoms with Gasteiger partial charge in [0.25, 0.3) is 15.9 Å². The van der Waals surface area contributed by atoms with Gasteiger partial charge in [-0.2, -0.15) is 5.10 Å². The Hall–Kier alpha value is -3.69. The molecule has 0 aliphatic carbocycles. The van der Waals surface area contributed by atoms with Crippen molar-refractivity contribution in [3.05, 3.63) is 101 Å². The Kier molecular flexibility index (Phi) is 6.95. The fourth-order valence-electron chi connectivity index (χ4n) is 3.42. The molecule has 0 saturated heterocycles. The molecular formula is C25H20BrN3O4S. The molecule has 4 aromatic carbocycles. The lowest BCUT2D eigenvalue weighted by Crippen LogP contribution is -2.39. The van der Waals surface area contributed by atoms with Gasteiger partial charge in [0.05, 0.1) is 16.8 Å². The van der Waals surface area contributed by atoms with Crippen molar-refractivity contribution >= 4 is 54.5 Å². The summed E-state index contributed by atoms with van der Waals surface area (Å²) in [5, 5.41) is 15.9. The molecule has 9 heteroatoms. The number of phenolic OH excluding ortho intramolecular Hbond substituents is 1. The van der Waals surface area contributed by atoms with Crippen LogP contribution < -0.4 is 9.73 Å². The summed E-state index contributed by atoms with van der Waals surface area (Å²) in [5.41, 5.74) is 3.13. The second kappa shape index (κ2) is 10.1. The molecule has 0 saturated carbocycles. The average molecular weight is 538 g/mol. The number of phenols is 1. The van der Waals surface area contributed by atoms with Gasteiger partial charge in [0.1, 0.15) is 12.3 Å². The molecular weight excluding hydrogens is 518 g/mol. The zero-order valence-corrected chi connectivity index (χ0v) is 20.2. The van der Waals surface area contributed by atoms with E-state index < -0.39 is 22.5 Å². The zero-order chi connectivity index (χ0) is 24.1. The largest absolute Gasteiger partial charge is 0.507 e. The number of amides is 1. The molecule has 0 aliphatic heterocycles. The van der Waals surface area contributed by atoms with Crippen LogP contribution >= 0.6 is 15.9 Å². The summed E-state index contributed by atoms with van der Waals surface area (Å²) in [7, 11) is -4.02. The molecule has 1 amide bonds. The maximum absolute atomic E-state index is 13.3. The van der Waals surface area contributed by atoms with Crippen LogP contribution in [-0.2, 0) is 14.8 Å². The van der Waals surface area contributed by atoms with Gasteiger partial charge in [-0.25, -0.2) is 13.8 Å². The summed E-state index contributed by atoms with van der Waals surface area (Å²) >= 11 is 3.34. The third-order valence-corrected chi connectivity index (χ3v) is 7.33. The van der Waals surface area contributed by atoms with E-state index in [-0.39, 0.29) is 10.6 Å². The van der Waals surface area contributed by atoms with Crippen molar-refractivity contribution in [2.75, 3.05) is 10.8 Å². The number of hydrogen-bond donors (Lipinski definition) is 2.